The molecule has 1 saturated heterocycles. The van der Waals surface area contributed by atoms with Crippen LogP contribution in [0.1, 0.15) is 59.8 Å². The van der Waals surface area contributed by atoms with E-state index in [0.29, 0.717) is 6.10 Å². The molecule has 1 saturated carbocycles. The minimum absolute atomic E-state index is 0.0334. The standard InChI is InChI=1S/C16H30O3SSi/c1-12(17)18-14-9-11-16(20-14)10-7-8-13(16)19-21(5,6)15(2,3)4/h13-14H,7-11H2,1-6H3/t13-,14-,16+/m1/s1. The van der Waals surface area contributed by atoms with Gasteiger partial charge in [0.25, 0.3) is 0 Å². The molecule has 1 aliphatic carbocycles. The molecule has 0 aromatic rings. The van der Waals surface area contributed by atoms with Gasteiger partial charge in [0.05, 0.1) is 6.10 Å². The Bertz CT molecular complexity index is 405. The van der Waals surface area contributed by atoms with Crippen LogP contribution in [0.15, 0.2) is 0 Å². The van der Waals surface area contributed by atoms with Crippen molar-refractivity contribution in [2.45, 2.75) is 94.2 Å². The third-order valence-corrected chi connectivity index (χ3v) is 11.6. The van der Waals surface area contributed by atoms with Gasteiger partial charge >= 0.3 is 5.97 Å². The number of ether oxygens (including phenoxy) is 1. The fourth-order valence-corrected chi connectivity index (χ4v) is 6.39. The number of hydrogen-bond donors (Lipinski definition) is 0. The molecule has 0 N–H and O–H groups in total. The van der Waals surface area contributed by atoms with Gasteiger partial charge in [-0.05, 0) is 50.2 Å². The van der Waals surface area contributed by atoms with Gasteiger partial charge < -0.3 is 9.16 Å². The molecule has 0 unspecified atom stereocenters. The number of rotatable bonds is 3. The molecule has 5 heteroatoms. The van der Waals surface area contributed by atoms with Crippen molar-refractivity contribution < 1.29 is 14.0 Å². The van der Waals surface area contributed by atoms with Gasteiger partial charge in [0.1, 0.15) is 5.44 Å². The lowest BCUT2D eigenvalue weighted by molar-refractivity contribution is -0.142. The fraction of sp³-hybridized carbons (Fsp3) is 0.938. The summed E-state index contributed by atoms with van der Waals surface area (Å²) in [5.74, 6) is -0.163. The van der Waals surface area contributed by atoms with Gasteiger partial charge in [-0.15, -0.1) is 11.8 Å². The van der Waals surface area contributed by atoms with Crippen LogP contribution in [-0.2, 0) is 14.0 Å². The first-order valence-corrected chi connectivity index (χ1v) is 11.9. The van der Waals surface area contributed by atoms with Gasteiger partial charge in [-0.2, -0.15) is 0 Å². The Morgan fingerprint density at radius 1 is 1.24 bits per heavy atom. The van der Waals surface area contributed by atoms with Crippen LogP contribution >= 0.6 is 11.8 Å². The van der Waals surface area contributed by atoms with Gasteiger partial charge in [0, 0.05) is 11.7 Å². The van der Waals surface area contributed by atoms with E-state index < -0.39 is 8.32 Å². The maximum atomic E-state index is 11.2. The highest BCUT2D eigenvalue weighted by Crippen LogP contribution is 2.55. The molecule has 0 bridgehead atoms. The number of hydrogen-bond acceptors (Lipinski definition) is 4. The van der Waals surface area contributed by atoms with E-state index in [4.69, 9.17) is 9.16 Å². The van der Waals surface area contributed by atoms with Gasteiger partial charge in [-0.1, -0.05) is 20.8 Å². The van der Waals surface area contributed by atoms with E-state index in [2.05, 4.69) is 33.9 Å². The third-order valence-electron chi connectivity index (χ3n) is 5.36. The molecule has 1 heterocycles. The van der Waals surface area contributed by atoms with E-state index >= 15 is 0 Å². The Morgan fingerprint density at radius 2 is 1.90 bits per heavy atom. The van der Waals surface area contributed by atoms with Crippen molar-refractivity contribution in [3.8, 4) is 0 Å². The SMILES string of the molecule is CC(=O)O[C@H]1CC[C@]2(CCC[C@H]2O[Si](C)(C)C(C)(C)C)S1. The molecule has 0 radical (unpaired) electrons. The molecule has 0 amide bonds. The summed E-state index contributed by atoms with van der Waals surface area (Å²) in [6, 6.07) is 0. The average Bonchev–Trinajstić information content (AvgIpc) is 2.86. The molecule has 2 fully saturated rings. The zero-order chi connectivity index (χ0) is 15.9. The van der Waals surface area contributed by atoms with E-state index in [-0.39, 0.29) is 21.2 Å². The molecular weight excluding hydrogens is 300 g/mol. The van der Waals surface area contributed by atoms with Crippen molar-refractivity contribution in [3.63, 3.8) is 0 Å². The Hall–Kier alpha value is -0.00312. The van der Waals surface area contributed by atoms with Crippen LogP contribution in [0.2, 0.25) is 18.1 Å². The summed E-state index contributed by atoms with van der Waals surface area (Å²) in [6.07, 6.45) is 6.03. The lowest BCUT2D eigenvalue weighted by Crippen LogP contribution is -2.48. The second-order valence-corrected chi connectivity index (χ2v) is 14.4. The van der Waals surface area contributed by atoms with Crippen molar-refractivity contribution in [2.75, 3.05) is 0 Å². The highest BCUT2D eigenvalue weighted by molar-refractivity contribution is 8.01. The summed E-state index contributed by atoms with van der Waals surface area (Å²) in [4.78, 5) is 11.2. The predicted molar refractivity (Wildman–Crippen MR) is 91.0 cm³/mol. The zero-order valence-corrected chi connectivity index (χ0v) is 16.1. The molecule has 0 aromatic heterocycles. The Morgan fingerprint density at radius 3 is 2.48 bits per heavy atom. The first-order valence-electron chi connectivity index (χ1n) is 8.09. The molecule has 1 aliphatic heterocycles. The smallest absolute Gasteiger partial charge is 0.303 e. The minimum Gasteiger partial charge on any atom is -0.451 e. The Balaban J connectivity index is 2.06. The number of carbonyl (C=O) groups excluding carboxylic acids is 1. The van der Waals surface area contributed by atoms with Gasteiger partial charge in [0.2, 0.25) is 0 Å². The summed E-state index contributed by atoms with van der Waals surface area (Å²) >= 11 is 1.86. The summed E-state index contributed by atoms with van der Waals surface area (Å²) < 4.78 is 12.3. The Kier molecular flexibility index (Phi) is 4.87. The normalized spacial score (nSPS) is 33.6. The molecule has 0 aromatic carbocycles. The van der Waals surface area contributed by atoms with Crippen LogP contribution in [0.4, 0.5) is 0 Å². The number of carbonyl (C=O) groups is 1. The molecule has 1 spiro atoms. The highest BCUT2D eigenvalue weighted by Gasteiger charge is 2.53. The first kappa shape index (κ1) is 17.4. The van der Waals surface area contributed by atoms with Crippen molar-refractivity contribution in [3.05, 3.63) is 0 Å². The Labute approximate surface area is 134 Å². The van der Waals surface area contributed by atoms with Crippen LogP contribution < -0.4 is 0 Å². The van der Waals surface area contributed by atoms with Crippen LogP contribution in [0, 0.1) is 0 Å². The molecule has 2 rings (SSSR count). The van der Waals surface area contributed by atoms with Gasteiger partial charge in [-0.3, -0.25) is 4.79 Å². The van der Waals surface area contributed by atoms with Crippen LogP contribution in [0.25, 0.3) is 0 Å². The summed E-state index contributed by atoms with van der Waals surface area (Å²) in [7, 11) is -1.74. The van der Waals surface area contributed by atoms with Crippen LogP contribution in [0.3, 0.4) is 0 Å². The van der Waals surface area contributed by atoms with Crippen molar-refractivity contribution in [2.24, 2.45) is 0 Å². The van der Waals surface area contributed by atoms with Crippen molar-refractivity contribution in [1.29, 1.82) is 0 Å². The quantitative estimate of drug-likeness (QED) is 0.554. The number of thioether (sulfide) groups is 1. The van der Waals surface area contributed by atoms with Gasteiger partial charge in [-0.25, -0.2) is 0 Å². The monoisotopic (exact) mass is 330 g/mol. The van der Waals surface area contributed by atoms with E-state index in [1.54, 1.807) is 0 Å². The maximum absolute atomic E-state index is 11.2. The molecule has 3 atom stereocenters. The average molecular weight is 331 g/mol. The predicted octanol–water partition coefficient (Wildman–Crippen LogP) is 4.72. The zero-order valence-electron chi connectivity index (χ0n) is 14.3. The lowest BCUT2D eigenvalue weighted by atomic mass is 9.99. The topological polar surface area (TPSA) is 35.5 Å². The summed E-state index contributed by atoms with van der Waals surface area (Å²) in [5, 5.41) is 0.245. The van der Waals surface area contributed by atoms with Crippen molar-refractivity contribution in [1.82, 2.24) is 0 Å². The largest absolute Gasteiger partial charge is 0.451 e. The second-order valence-electron chi connectivity index (χ2n) is 8.02. The molecular formula is C16H30O3SSi. The minimum atomic E-state index is -1.74. The molecule has 21 heavy (non-hydrogen) atoms. The van der Waals surface area contributed by atoms with E-state index in [0.717, 1.165) is 19.3 Å². The first-order chi connectivity index (χ1) is 9.56. The van der Waals surface area contributed by atoms with Crippen molar-refractivity contribution >= 4 is 26.0 Å². The second kappa shape index (κ2) is 5.89. The van der Waals surface area contributed by atoms with E-state index in [9.17, 15) is 4.79 Å². The van der Waals surface area contributed by atoms with Crippen LogP contribution in [-0.4, -0.2) is 30.6 Å². The lowest BCUT2D eigenvalue weighted by Gasteiger charge is -2.42. The highest BCUT2D eigenvalue weighted by atomic mass is 32.2. The van der Waals surface area contributed by atoms with Crippen LogP contribution in [0.5, 0.6) is 0 Å². The summed E-state index contributed by atoms with van der Waals surface area (Å²) in [6.45, 7) is 13.1. The molecule has 122 valence electrons. The molecule has 3 nitrogen and oxygen atoms in total. The molecule has 2 aliphatic rings. The maximum Gasteiger partial charge on any atom is 0.303 e. The van der Waals surface area contributed by atoms with Gasteiger partial charge in [0.15, 0.2) is 8.32 Å². The van der Waals surface area contributed by atoms with E-state index in [1.165, 1.54) is 19.8 Å². The van der Waals surface area contributed by atoms with E-state index in [1.807, 2.05) is 11.8 Å². The third kappa shape index (κ3) is 3.67. The number of esters is 1. The summed E-state index contributed by atoms with van der Waals surface area (Å²) in [5.41, 5.74) is 0.0334. The fourth-order valence-electron chi connectivity index (χ4n) is 3.14.